The van der Waals surface area contributed by atoms with Crippen molar-refractivity contribution in [1.82, 2.24) is 0 Å². The summed E-state index contributed by atoms with van der Waals surface area (Å²) in [6.07, 6.45) is 5.67. The maximum absolute atomic E-state index is 12.9. The van der Waals surface area contributed by atoms with Crippen LogP contribution in [0.25, 0.3) is 0 Å². The Morgan fingerprint density at radius 1 is 1.06 bits per heavy atom. The molecule has 0 spiro atoms. The fourth-order valence-electron chi connectivity index (χ4n) is 2.96. The monoisotopic (exact) mass is 262 g/mol. The van der Waals surface area contributed by atoms with E-state index in [1.165, 1.54) is 24.8 Å². The predicted octanol–water partition coefficient (Wildman–Crippen LogP) is 4.37. The lowest BCUT2D eigenvalue weighted by molar-refractivity contribution is 0.0916. The van der Waals surface area contributed by atoms with Gasteiger partial charge in [0.05, 0.1) is 0 Å². The summed E-state index contributed by atoms with van der Waals surface area (Å²) in [5, 5.41) is -0.207. The summed E-state index contributed by atoms with van der Waals surface area (Å²) in [6, 6.07) is 4.18. The van der Waals surface area contributed by atoms with E-state index in [0.717, 1.165) is 29.5 Å². The molecule has 2 heteroatoms. The number of Topliss-reactive ketones (excluding diaryl/α,β-unsaturated/α-hetero) is 1. The molecule has 0 radical (unpaired) electrons. The predicted molar refractivity (Wildman–Crippen MR) is 80.5 cm³/mol. The molecule has 1 aromatic rings. The first kappa shape index (κ1) is 13.7. The van der Waals surface area contributed by atoms with E-state index < -0.39 is 0 Å². The maximum atomic E-state index is 12.9. The number of carbonyl (C=O) groups excluding carboxylic acids is 1. The zero-order valence-electron chi connectivity index (χ0n) is 11.7. The summed E-state index contributed by atoms with van der Waals surface area (Å²) in [7, 11) is 2.86. The molecule has 2 rings (SSSR count). The first-order valence-electron chi connectivity index (χ1n) is 6.86. The minimum Gasteiger partial charge on any atom is -0.293 e. The van der Waals surface area contributed by atoms with Crippen LogP contribution in [-0.4, -0.2) is 10.9 Å². The third kappa shape index (κ3) is 2.38. The zero-order valence-corrected chi connectivity index (χ0v) is 12.8. The summed E-state index contributed by atoms with van der Waals surface area (Å²) >= 11 is 0. The van der Waals surface area contributed by atoms with Crippen molar-refractivity contribution in [3.63, 3.8) is 0 Å². The van der Waals surface area contributed by atoms with Gasteiger partial charge in [-0.25, -0.2) is 0 Å². The van der Waals surface area contributed by atoms with Crippen LogP contribution >= 0.6 is 9.24 Å². The summed E-state index contributed by atoms with van der Waals surface area (Å²) in [5.74, 6) is 0.339. The van der Waals surface area contributed by atoms with Gasteiger partial charge in [0.2, 0.25) is 0 Å². The highest BCUT2D eigenvalue weighted by Crippen LogP contribution is 2.40. The van der Waals surface area contributed by atoms with Crippen molar-refractivity contribution < 1.29 is 4.79 Å². The highest BCUT2D eigenvalue weighted by atomic mass is 31.0. The second-order valence-corrected chi connectivity index (χ2v) is 6.85. The third-order valence-corrected chi connectivity index (χ3v) is 5.21. The molecule has 1 atom stereocenters. The molecule has 1 unspecified atom stereocenters. The first-order chi connectivity index (χ1) is 8.46. The topological polar surface area (TPSA) is 17.1 Å². The number of hydrogen-bond donors (Lipinski definition) is 0. The minimum absolute atomic E-state index is 0.207. The number of hydrogen-bond acceptors (Lipinski definition) is 1. The maximum Gasteiger partial charge on any atom is 0.173 e. The number of carbonyl (C=O) groups is 1. The van der Waals surface area contributed by atoms with Crippen molar-refractivity contribution in [2.24, 2.45) is 0 Å². The van der Waals surface area contributed by atoms with E-state index in [-0.39, 0.29) is 5.16 Å². The minimum atomic E-state index is -0.207. The van der Waals surface area contributed by atoms with Crippen molar-refractivity contribution in [2.45, 2.75) is 58.0 Å². The number of ketones is 1. The molecule has 1 aromatic carbocycles. The molecule has 1 aliphatic carbocycles. The molecule has 1 fully saturated rings. The smallest absolute Gasteiger partial charge is 0.173 e. The van der Waals surface area contributed by atoms with Gasteiger partial charge in [0, 0.05) is 10.7 Å². The molecule has 0 aromatic heterocycles. The lowest BCUT2D eigenvalue weighted by Crippen LogP contribution is -2.35. The van der Waals surface area contributed by atoms with Gasteiger partial charge in [0.1, 0.15) is 0 Å². The van der Waals surface area contributed by atoms with Gasteiger partial charge in [-0.15, -0.1) is 9.24 Å². The standard InChI is InChI=1S/C16H23OP/c1-11-7-8-12(2)14(13(11)3)15(17)16(18)9-5-4-6-10-16/h7-8H,4-6,9-10,18H2,1-3H3. The van der Waals surface area contributed by atoms with Crippen molar-refractivity contribution in [2.75, 3.05) is 0 Å². The van der Waals surface area contributed by atoms with Gasteiger partial charge in [-0.1, -0.05) is 31.4 Å². The highest BCUT2D eigenvalue weighted by molar-refractivity contribution is 7.21. The molecule has 0 heterocycles. The van der Waals surface area contributed by atoms with Crippen LogP contribution in [-0.2, 0) is 0 Å². The van der Waals surface area contributed by atoms with Crippen LogP contribution in [0.4, 0.5) is 0 Å². The van der Waals surface area contributed by atoms with Gasteiger partial charge in [-0.05, 0) is 50.3 Å². The summed E-state index contributed by atoms with van der Waals surface area (Å²) in [6.45, 7) is 6.21. The van der Waals surface area contributed by atoms with Crippen LogP contribution in [0.15, 0.2) is 12.1 Å². The molecule has 18 heavy (non-hydrogen) atoms. The van der Waals surface area contributed by atoms with Crippen LogP contribution in [0.1, 0.15) is 59.2 Å². The van der Waals surface area contributed by atoms with Gasteiger partial charge in [-0.3, -0.25) is 4.79 Å². The largest absolute Gasteiger partial charge is 0.293 e. The van der Waals surface area contributed by atoms with Crippen LogP contribution < -0.4 is 0 Å². The van der Waals surface area contributed by atoms with Gasteiger partial charge in [0.25, 0.3) is 0 Å². The molecule has 1 aliphatic rings. The molecule has 98 valence electrons. The Morgan fingerprint density at radius 2 is 1.61 bits per heavy atom. The average Bonchev–Trinajstić information content (AvgIpc) is 2.35. The lowest BCUT2D eigenvalue weighted by Gasteiger charge is -2.33. The molecule has 0 saturated heterocycles. The van der Waals surface area contributed by atoms with E-state index in [0.29, 0.717) is 5.78 Å². The Bertz CT molecular complexity index is 470. The van der Waals surface area contributed by atoms with Crippen LogP contribution in [0.2, 0.25) is 0 Å². The van der Waals surface area contributed by atoms with Gasteiger partial charge in [-0.2, -0.15) is 0 Å². The average molecular weight is 262 g/mol. The first-order valence-corrected chi connectivity index (χ1v) is 7.44. The Balaban J connectivity index is 2.42. The fraction of sp³-hybridized carbons (Fsp3) is 0.562. The molecule has 0 aliphatic heterocycles. The van der Waals surface area contributed by atoms with Crippen LogP contribution in [0.5, 0.6) is 0 Å². The Morgan fingerprint density at radius 3 is 2.22 bits per heavy atom. The van der Waals surface area contributed by atoms with E-state index >= 15 is 0 Å². The molecule has 1 saturated carbocycles. The van der Waals surface area contributed by atoms with Crippen molar-refractivity contribution in [3.8, 4) is 0 Å². The van der Waals surface area contributed by atoms with Crippen LogP contribution in [0, 0.1) is 20.8 Å². The third-order valence-electron chi connectivity index (χ3n) is 4.37. The van der Waals surface area contributed by atoms with Gasteiger partial charge in [0.15, 0.2) is 5.78 Å². The summed E-state index contributed by atoms with van der Waals surface area (Å²) in [4.78, 5) is 12.9. The Kier molecular flexibility index (Phi) is 3.92. The highest BCUT2D eigenvalue weighted by Gasteiger charge is 2.36. The van der Waals surface area contributed by atoms with Crippen molar-refractivity contribution in [3.05, 3.63) is 34.4 Å². The van der Waals surface area contributed by atoms with Crippen molar-refractivity contribution >= 4 is 15.0 Å². The Labute approximate surface area is 113 Å². The van der Waals surface area contributed by atoms with Gasteiger partial charge < -0.3 is 0 Å². The quantitative estimate of drug-likeness (QED) is 0.571. The molecule has 0 amide bonds. The number of benzene rings is 1. The molecular formula is C16H23OP. The van der Waals surface area contributed by atoms with Crippen LogP contribution in [0.3, 0.4) is 0 Å². The van der Waals surface area contributed by atoms with Crippen molar-refractivity contribution in [1.29, 1.82) is 0 Å². The van der Waals surface area contributed by atoms with Gasteiger partial charge >= 0.3 is 0 Å². The summed E-state index contributed by atoms with van der Waals surface area (Å²) in [5.41, 5.74) is 4.46. The van der Waals surface area contributed by atoms with E-state index in [9.17, 15) is 4.79 Å². The number of aryl methyl sites for hydroxylation is 2. The SMILES string of the molecule is Cc1ccc(C)c(C(=O)C2(P)CCCCC2)c1C. The molecule has 0 N–H and O–H groups in total. The molecule has 1 nitrogen and oxygen atoms in total. The summed E-state index contributed by atoms with van der Waals surface area (Å²) < 4.78 is 0. The lowest BCUT2D eigenvalue weighted by atomic mass is 9.80. The fourth-order valence-corrected chi connectivity index (χ4v) is 3.51. The van der Waals surface area contributed by atoms with E-state index in [1.807, 2.05) is 0 Å². The van der Waals surface area contributed by atoms with E-state index in [2.05, 4.69) is 42.1 Å². The number of rotatable bonds is 2. The van der Waals surface area contributed by atoms with E-state index in [1.54, 1.807) is 0 Å². The normalized spacial score (nSPS) is 18.7. The zero-order chi connectivity index (χ0) is 13.3. The Hall–Kier alpha value is -0.680. The molecular weight excluding hydrogens is 239 g/mol. The van der Waals surface area contributed by atoms with E-state index in [4.69, 9.17) is 0 Å². The second kappa shape index (κ2) is 5.13. The second-order valence-electron chi connectivity index (χ2n) is 5.75. The molecule has 0 bridgehead atoms.